The topological polar surface area (TPSA) is 42.7 Å². The molecule has 1 N–H and O–H groups in total. The third-order valence-electron chi connectivity index (χ3n) is 2.59. The monoisotopic (exact) mass is 264 g/mol. The summed E-state index contributed by atoms with van der Waals surface area (Å²) in [6.45, 7) is 7.05. The zero-order valence-electron chi connectivity index (χ0n) is 11.0. The van der Waals surface area contributed by atoms with Crippen LogP contribution in [0.5, 0.6) is 0 Å². The van der Waals surface area contributed by atoms with Crippen molar-refractivity contribution in [2.24, 2.45) is 5.92 Å². The molecular formula is C13H20N4S. The Hall–Kier alpha value is -1.20. The quantitative estimate of drug-likeness (QED) is 0.834. The molecule has 4 nitrogen and oxygen atoms in total. The van der Waals surface area contributed by atoms with Crippen molar-refractivity contribution >= 4 is 11.3 Å². The molecule has 98 valence electrons. The first-order valence-corrected chi connectivity index (χ1v) is 7.23. The molecule has 2 rings (SSSR count). The van der Waals surface area contributed by atoms with Crippen LogP contribution in [0, 0.1) is 5.92 Å². The van der Waals surface area contributed by atoms with E-state index in [2.05, 4.69) is 46.8 Å². The van der Waals surface area contributed by atoms with Crippen LogP contribution in [0.25, 0.3) is 0 Å². The van der Waals surface area contributed by atoms with Crippen LogP contribution < -0.4 is 5.32 Å². The molecule has 0 amide bonds. The molecule has 0 aliphatic rings. The van der Waals surface area contributed by atoms with Gasteiger partial charge in [-0.1, -0.05) is 19.9 Å². The van der Waals surface area contributed by atoms with Crippen molar-refractivity contribution in [2.45, 2.75) is 33.4 Å². The predicted octanol–water partition coefficient (Wildman–Crippen LogP) is 2.33. The Morgan fingerprint density at radius 3 is 3.06 bits per heavy atom. The van der Waals surface area contributed by atoms with Gasteiger partial charge < -0.3 is 5.32 Å². The van der Waals surface area contributed by atoms with Gasteiger partial charge in [0.15, 0.2) is 5.82 Å². The Morgan fingerprint density at radius 2 is 2.33 bits per heavy atom. The summed E-state index contributed by atoms with van der Waals surface area (Å²) < 4.78 is 1.92. The third-order valence-corrected chi connectivity index (χ3v) is 3.52. The zero-order chi connectivity index (χ0) is 12.8. The molecular weight excluding hydrogens is 244 g/mol. The number of rotatable bonds is 7. The summed E-state index contributed by atoms with van der Waals surface area (Å²) in [5.74, 6) is 1.53. The highest BCUT2D eigenvalue weighted by atomic mass is 32.1. The van der Waals surface area contributed by atoms with Gasteiger partial charge in [0.05, 0.1) is 6.54 Å². The number of hydrogen-bond acceptors (Lipinski definition) is 4. The zero-order valence-corrected chi connectivity index (χ0v) is 11.8. The number of aryl methyl sites for hydroxylation is 2. The van der Waals surface area contributed by atoms with Crippen molar-refractivity contribution < 1.29 is 0 Å². The Kier molecular flexibility index (Phi) is 4.90. The fraction of sp³-hybridized carbons (Fsp3) is 0.538. The molecule has 0 aromatic carbocycles. The van der Waals surface area contributed by atoms with Crippen LogP contribution in [-0.4, -0.2) is 21.3 Å². The Labute approximate surface area is 112 Å². The van der Waals surface area contributed by atoms with E-state index in [-0.39, 0.29) is 0 Å². The smallest absolute Gasteiger partial charge is 0.164 e. The molecule has 0 fully saturated rings. The summed E-state index contributed by atoms with van der Waals surface area (Å²) >= 11 is 1.79. The van der Waals surface area contributed by atoms with Crippen molar-refractivity contribution in [3.8, 4) is 0 Å². The summed E-state index contributed by atoms with van der Waals surface area (Å²) in [6.07, 6.45) is 2.85. The SMILES string of the molecule is CC(C)CNCc1ncn(CCc2cccs2)n1. The molecule has 0 saturated carbocycles. The lowest BCUT2D eigenvalue weighted by Crippen LogP contribution is -2.19. The summed E-state index contributed by atoms with van der Waals surface area (Å²) in [7, 11) is 0. The van der Waals surface area contributed by atoms with Gasteiger partial charge in [0, 0.05) is 17.8 Å². The Morgan fingerprint density at radius 1 is 1.44 bits per heavy atom. The van der Waals surface area contributed by atoms with Gasteiger partial charge >= 0.3 is 0 Å². The number of nitrogens with zero attached hydrogens (tertiary/aromatic N) is 3. The van der Waals surface area contributed by atoms with Gasteiger partial charge in [0.1, 0.15) is 6.33 Å². The summed E-state index contributed by atoms with van der Waals surface area (Å²) in [5, 5.41) is 9.91. The lowest BCUT2D eigenvalue weighted by molar-refractivity contribution is 0.536. The van der Waals surface area contributed by atoms with Gasteiger partial charge in [0.25, 0.3) is 0 Å². The van der Waals surface area contributed by atoms with Crippen molar-refractivity contribution in [1.82, 2.24) is 20.1 Å². The second-order valence-electron chi connectivity index (χ2n) is 4.78. The molecule has 2 aromatic heterocycles. The maximum atomic E-state index is 4.45. The number of nitrogens with one attached hydrogen (secondary N) is 1. The lowest BCUT2D eigenvalue weighted by atomic mass is 10.2. The highest BCUT2D eigenvalue weighted by Gasteiger charge is 2.02. The van der Waals surface area contributed by atoms with Gasteiger partial charge in [-0.2, -0.15) is 5.10 Å². The van der Waals surface area contributed by atoms with E-state index in [0.29, 0.717) is 5.92 Å². The summed E-state index contributed by atoms with van der Waals surface area (Å²) in [5.41, 5.74) is 0. The first-order chi connectivity index (χ1) is 8.74. The maximum absolute atomic E-state index is 4.45. The highest BCUT2D eigenvalue weighted by molar-refractivity contribution is 7.09. The van der Waals surface area contributed by atoms with Crippen LogP contribution in [-0.2, 0) is 19.5 Å². The van der Waals surface area contributed by atoms with Crippen molar-refractivity contribution in [1.29, 1.82) is 0 Å². The molecule has 0 unspecified atom stereocenters. The van der Waals surface area contributed by atoms with Crippen LogP contribution in [0.1, 0.15) is 24.5 Å². The molecule has 0 aliphatic carbocycles. The first kappa shape index (κ1) is 13.2. The minimum absolute atomic E-state index is 0.658. The van der Waals surface area contributed by atoms with E-state index < -0.39 is 0 Å². The summed E-state index contributed by atoms with van der Waals surface area (Å²) in [6, 6.07) is 4.25. The number of hydrogen-bond donors (Lipinski definition) is 1. The molecule has 0 atom stereocenters. The van der Waals surface area contributed by atoms with E-state index in [1.807, 2.05) is 11.0 Å². The summed E-state index contributed by atoms with van der Waals surface area (Å²) in [4.78, 5) is 5.70. The van der Waals surface area contributed by atoms with E-state index in [1.54, 1.807) is 11.3 Å². The van der Waals surface area contributed by atoms with E-state index in [1.165, 1.54) is 4.88 Å². The van der Waals surface area contributed by atoms with Crippen LogP contribution in [0.2, 0.25) is 0 Å². The van der Waals surface area contributed by atoms with Crippen molar-refractivity contribution in [2.75, 3.05) is 6.54 Å². The van der Waals surface area contributed by atoms with Crippen molar-refractivity contribution in [3.05, 3.63) is 34.5 Å². The minimum Gasteiger partial charge on any atom is -0.310 e. The number of aromatic nitrogens is 3. The molecule has 0 radical (unpaired) electrons. The molecule has 2 aromatic rings. The minimum atomic E-state index is 0.658. The largest absolute Gasteiger partial charge is 0.310 e. The van der Waals surface area contributed by atoms with Crippen LogP contribution in [0.3, 0.4) is 0 Å². The maximum Gasteiger partial charge on any atom is 0.164 e. The average molecular weight is 264 g/mol. The lowest BCUT2D eigenvalue weighted by Gasteiger charge is -2.04. The molecule has 2 heterocycles. The van der Waals surface area contributed by atoms with Gasteiger partial charge in [-0.15, -0.1) is 11.3 Å². The standard InChI is InChI=1S/C13H20N4S/c1-11(2)8-14-9-13-15-10-17(16-13)6-5-12-4-3-7-18-12/h3-4,7,10-11,14H,5-6,8-9H2,1-2H3. The number of thiophene rings is 1. The molecule has 0 aliphatic heterocycles. The third kappa shape index (κ3) is 4.23. The second-order valence-corrected chi connectivity index (χ2v) is 5.81. The van der Waals surface area contributed by atoms with Crippen LogP contribution >= 0.6 is 11.3 Å². The van der Waals surface area contributed by atoms with E-state index in [4.69, 9.17) is 0 Å². The fourth-order valence-corrected chi connectivity index (χ4v) is 2.37. The molecule has 0 saturated heterocycles. The average Bonchev–Trinajstić information content (AvgIpc) is 2.96. The first-order valence-electron chi connectivity index (χ1n) is 6.35. The van der Waals surface area contributed by atoms with E-state index in [0.717, 1.165) is 31.9 Å². The normalized spacial score (nSPS) is 11.3. The van der Waals surface area contributed by atoms with E-state index >= 15 is 0 Å². The Bertz CT molecular complexity index is 447. The van der Waals surface area contributed by atoms with Crippen LogP contribution in [0.4, 0.5) is 0 Å². The molecule has 0 bridgehead atoms. The predicted molar refractivity (Wildman–Crippen MR) is 74.6 cm³/mol. The van der Waals surface area contributed by atoms with Gasteiger partial charge in [0.2, 0.25) is 0 Å². The second kappa shape index (κ2) is 6.66. The highest BCUT2D eigenvalue weighted by Crippen LogP contribution is 2.09. The van der Waals surface area contributed by atoms with Gasteiger partial charge in [-0.3, -0.25) is 4.68 Å². The fourth-order valence-electron chi connectivity index (χ4n) is 1.67. The molecule has 18 heavy (non-hydrogen) atoms. The van der Waals surface area contributed by atoms with Gasteiger partial charge in [-0.05, 0) is 23.9 Å². The van der Waals surface area contributed by atoms with Crippen molar-refractivity contribution in [3.63, 3.8) is 0 Å². The molecule has 0 spiro atoms. The van der Waals surface area contributed by atoms with Crippen LogP contribution in [0.15, 0.2) is 23.8 Å². The Balaban J connectivity index is 1.75. The van der Waals surface area contributed by atoms with Gasteiger partial charge in [-0.25, -0.2) is 4.98 Å². The molecule has 5 heteroatoms. The van der Waals surface area contributed by atoms with E-state index in [9.17, 15) is 0 Å².